The summed E-state index contributed by atoms with van der Waals surface area (Å²) in [5, 5.41) is 31.1. The molecule has 0 saturated heterocycles. The second-order valence-corrected chi connectivity index (χ2v) is 8.14. The fourth-order valence-electron chi connectivity index (χ4n) is 5.46. The van der Waals surface area contributed by atoms with E-state index >= 15 is 0 Å². The summed E-state index contributed by atoms with van der Waals surface area (Å²) in [6.07, 6.45) is 10.2. The fraction of sp³-hybridized carbons (Fsp3) is 0.684. The van der Waals surface area contributed by atoms with Crippen molar-refractivity contribution in [3.8, 4) is 0 Å². The normalized spacial score (nSPS) is 53.2. The molecule has 0 heterocycles. The van der Waals surface area contributed by atoms with Gasteiger partial charge in [-0.25, -0.2) is 0 Å². The van der Waals surface area contributed by atoms with E-state index in [1.807, 2.05) is 12.2 Å². The van der Waals surface area contributed by atoms with Gasteiger partial charge < -0.3 is 15.3 Å². The van der Waals surface area contributed by atoms with Crippen LogP contribution in [0.2, 0.25) is 0 Å². The Bertz CT molecular complexity index is 589. The Morgan fingerprint density at radius 2 is 1.82 bits per heavy atom. The maximum absolute atomic E-state index is 10.8. The summed E-state index contributed by atoms with van der Waals surface area (Å²) in [6, 6.07) is 0. The zero-order valence-corrected chi connectivity index (χ0v) is 13.4. The molecule has 4 aliphatic rings. The highest BCUT2D eigenvalue weighted by atomic mass is 16.3. The molecule has 22 heavy (non-hydrogen) atoms. The SMILES string of the molecule is C[C@]12CCC3=C([C@@H](O)CC4C[C@@H](O)C=C[C@]34C)[C@@H]1C=C[C@@H]2O. The van der Waals surface area contributed by atoms with Gasteiger partial charge in [0.15, 0.2) is 0 Å². The van der Waals surface area contributed by atoms with E-state index in [-0.39, 0.29) is 22.9 Å². The van der Waals surface area contributed by atoms with Gasteiger partial charge in [-0.1, -0.05) is 43.7 Å². The minimum Gasteiger partial charge on any atom is -0.389 e. The Morgan fingerprint density at radius 3 is 2.59 bits per heavy atom. The number of hydrogen-bond acceptors (Lipinski definition) is 3. The molecular formula is C19H26O3. The minimum absolute atomic E-state index is 0.0451. The standard InChI is InChI=1S/C19H26O3/c1-18-7-5-12(20)9-11(18)10-15(21)17-13-3-4-16(22)19(13,2)8-6-14(17)18/h3-5,7,11-13,15-16,20-22H,6,8-10H2,1-2H3/t11?,12-,13-,15-,16-,18-,19-/m0/s1. The fourth-order valence-corrected chi connectivity index (χ4v) is 5.46. The van der Waals surface area contributed by atoms with Crippen molar-refractivity contribution in [3.63, 3.8) is 0 Å². The second kappa shape index (κ2) is 4.56. The molecular weight excluding hydrogens is 276 g/mol. The third kappa shape index (κ3) is 1.73. The number of allylic oxidation sites excluding steroid dienone is 3. The number of hydrogen-bond donors (Lipinski definition) is 3. The van der Waals surface area contributed by atoms with E-state index in [2.05, 4.69) is 26.0 Å². The van der Waals surface area contributed by atoms with E-state index in [9.17, 15) is 15.3 Å². The zero-order chi connectivity index (χ0) is 15.7. The van der Waals surface area contributed by atoms with Crippen LogP contribution in [-0.4, -0.2) is 33.6 Å². The van der Waals surface area contributed by atoms with Crippen molar-refractivity contribution in [2.75, 3.05) is 0 Å². The molecule has 0 amide bonds. The lowest BCUT2D eigenvalue weighted by Crippen LogP contribution is -2.48. The van der Waals surface area contributed by atoms with Crippen molar-refractivity contribution in [1.82, 2.24) is 0 Å². The Kier molecular flexibility index (Phi) is 3.04. The number of aliphatic hydroxyl groups is 3. The lowest BCUT2D eigenvalue weighted by molar-refractivity contribution is 0.0166. The van der Waals surface area contributed by atoms with Crippen LogP contribution in [0.4, 0.5) is 0 Å². The summed E-state index contributed by atoms with van der Waals surface area (Å²) < 4.78 is 0. The lowest BCUT2D eigenvalue weighted by atomic mass is 9.52. The van der Waals surface area contributed by atoms with Gasteiger partial charge in [0.1, 0.15) is 0 Å². The van der Waals surface area contributed by atoms with Crippen LogP contribution in [0, 0.1) is 22.7 Å². The van der Waals surface area contributed by atoms with Gasteiger partial charge in [0.05, 0.1) is 18.3 Å². The Morgan fingerprint density at radius 1 is 1.05 bits per heavy atom. The molecule has 0 saturated carbocycles. The van der Waals surface area contributed by atoms with Gasteiger partial charge in [-0.15, -0.1) is 0 Å². The topological polar surface area (TPSA) is 60.7 Å². The predicted molar refractivity (Wildman–Crippen MR) is 85.0 cm³/mol. The van der Waals surface area contributed by atoms with Crippen LogP contribution in [0.15, 0.2) is 35.5 Å². The first kappa shape index (κ1) is 14.7. The number of rotatable bonds is 0. The molecule has 4 aliphatic carbocycles. The molecule has 4 rings (SSSR count). The number of fused-ring (bicyclic) bond motifs is 4. The zero-order valence-electron chi connectivity index (χ0n) is 13.4. The summed E-state index contributed by atoms with van der Waals surface area (Å²) in [5.41, 5.74) is 2.30. The molecule has 0 radical (unpaired) electrons. The number of aliphatic hydroxyl groups excluding tert-OH is 3. The maximum atomic E-state index is 10.8. The van der Waals surface area contributed by atoms with Crippen LogP contribution in [0.3, 0.4) is 0 Å². The first-order valence-corrected chi connectivity index (χ1v) is 8.51. The monoisotopic (exact) mass is 302 g/mol. The molecule has 7 atom stereocenters. The van der Waals surface area contributed by atoms with Gasteiger partial charge in [0.25, 0.3) is 0 Å². The van der Waals surface area contributed by atoms with Gasteiger partial charge in [-0.05, 0) is 37.2 Å². The van der Waals surface area contributed by atoms with E-state index in [1.165, 1.54) is 5.57 Å². The minimum atomic E-state index is -0.439. The third-order valence-electron chi connectivity index (χ3n) is 7.02. The van der Waals surface area contributed by atoms with Crippen molar-refractivity contribution < 1.29 is 15.3 Å². The predicted octanol–water partition coefficient (Wildman–Crippen LogP) is 2.34. The van der Waals surface area contributed by atoms with Crippen LogP contribution in [0.5, 0.6) is 0 Å². The first-order valence-electron chi connectivity index (χ1n) is 8.51. The van der Waals surface area contributed by atoms with Crippen molar-refractivity contribution in [2.45, 2.75) is 57.8 Å². The van der Waals surface area contributed by atoms with Crippen LogP contribution in [-0.2, 0) is 0 Å². The van der Waals surface area contributed by atoms with Crippen molar-refractivity contribution >= 4 is 0 Å². The second-order valence-electron chi connectivity index (χ2n) is 8.14. The van der Waals surface area contributed by atoms with Gasteiger partial charge in [-0.2, -0.15) is 0 Å². The van der Waals surface area contributed by atoms with E-state index in [0.717, 1.165) is 24.8 Å². The molecule has 0 aliphatic heterocycles. The van der Waals surface area contributed by atoms with E-state index < -0.39 is 12.2 Å². The van der Waals surface area contributed by atoms with Crippen molar-refractivity contribution in [1.29, 1.82) is 0 Å². The average molecular weight is 302 g/mol. The molecule has 0 bridgehead atoms. The summed E-state index contributed by atoms with van der Waals surface area (Å²) in [4.78, 5) is 0. The molecule has 3 heteroatoms. The highest BCUT2D eigenvalue weighted by molar-refractivity contribution is 5.43. The van der Waals surface area contributed by atoms with Crippen LogP contribution >= 0.6 is 0 Å². The highest BCUT2D eigenvalue weighted by Gasteiger charge is 2.54. The maximum Gasteiger partial charge on any atom is 0.0783 e. The highest BCUT2D eigenvalue weighted by Crippen LogP contribution is 2.60. The molecule has 120 valence electrons. The van der Waals surface area contributed by atoms with Crippen molar-refractivity contribution in [3.05, 3.63) is 35.5 Å². The van der Waals surface area contributed by atoms with Gasteiger partial charge in [0.2, 0.25) is 0 Å². The molecule has 0 spiro atoms. The van der Waals surface area contributed by atoms with E-state index in [0.29, 0.717) is 12.3 Å². The molecule has 3 nitrogen and oxygen atoms in total. The van der Waals surface area contributed by atoms with Crippen LogP contribution in [0.25, 0.3) is 0 Å². The average Bonchev–Trinajstić information content (AvgIpc) is 2.77. The Hall–Kier alpha value is -0.900. The van der Waals surface area contributed by atoms with Crippen LogP contribution in [0.1, 0.15) is 39.5 Å². The third-order valence-corrected chi connectivity index (χ3v) is 7.02. The first-order chi connectivity index (χ1) is 10.4. The molecule has 0 aromatic rings. The Labute approximate surface area is 132 Å². The van der Waals surface area contributed by atoms with Gasteiger partial charge in [-0.3, -0.25) is 0 Å². The molecule has 3 N–H and O–H groups in total. The smallest absolute Gasteiger partial charge is 0.0783 e. The summed E-state index contributed by atoms with van der Waals surface area (Å²) in [5.74, 6) is 0.459. The van der Waals surface area contributed by atoms with Gasteiger partial charge >= 0.3 is 0 Å². The lowest BCUT2D eigenvalue weighted by Gasteiger charge is -2.53. The summed E-state index contributed by atoms with van der Waals surface area (Å²) >= 11 is 0. The Balaban J connectivity index is 1.84. The molecule has 0 aromatic carbocycles. The van der Waals surface area contributed by atoms with Crippen molar-refractivity contribution in [2.24, 2.45) is 22.7 Å². The van der Waals surface area contributed by atoms with E-state index in [1.54, 1.807) is 0 Å². The quantitative estimate of drug-likeness (QED) is 0.602. The summed E-state index contributed by atoms with van der Waals surface area (Å²) in [7, 11) is 0. The molecule has 1 unspecified atom stereocenters. The van der Waals surface area contributed by atoms with Crippen LogP contribution < -0.4 is 0 Å². The molecule has 0 aromatic heterocycles. The van der Waals surface area contributed by atoms with Gasteiger partial charge in [0, 0.05) is 16.7 Å². The molecule has 0 fully saturated rings. The largest absolute Gasteiger partial charge is 0.389 e. The van der Waals surface area contributed by atoms with E-state index in [4.69, 9.17) is 0 Å². The summed E-state index contributed by atoms with van der Waals surface area (Å²) in [6.45, 7) is 4.41.